The standard InChI is InChI=1S/C23H30ClN3O3SSi/c1-16-7-9-17(10-8-16)31(28,29)27-14-20(18-11-12-26-22(24)19(18)13-25)21(15-27)30-32(5,6)23(2,3)4/h7-12,20-21H,14-15H2,1-6H3/t20-,21+/m1/s1. The first-order valence-electron chi connectivity index (χ1n) is 10.6. The molecule has 1 aliphatic rings. The fourth-order valence-corrected chi connectivity index (χ4v) is 6.67. The Bertz CT molecular complexity index is 1140. The van der Waals surface area contributed by atoms with Crippen LogP contribution >= 0.6 is 11.6 Å². The Balaban J connectivity index is 2.04. The minimum Gasteiger partial charge on any atom is -0.412 e. The maximum atomic E-state index is 13.4. The summed E-state index contributed by atoms with van der Waals surface area (Å²) in [5.41, 5.74) is 1.95. The molecule has 0 radical (unpaired) electrons. The topological polar surface area (TPSA) is 83.3 Å². The largest absolute Gasteiger partial charge is 0.412 e. The lowest BCUT2D eigenvalue weighted by Crippen LogP contribution is -2.45. The molecule has 1 aromatic heterocycles. The van der Waals surface area contributed by atoms with Gasteiger partial charge in [0.15, 0.2) is 8.32 Å². The van der Waals surface area contributed by atoms with Crippen LogP contribution in [0, 0.1) is 18.3 Å². The molecule has 0 saturated carbocycles. The first-order valence-corrected chi connectivity index (χ1v) is 15.3. The van der Waals surface area contributed by atoms with Crippen LogP contribution in [-0.2, 0) is 14.4 Å². The van der Waals surface area contributed by atoms with Crippen LogP contribution < -0.4 is 0 Å². The van der Waals surface area contributed by atoms with Gasteiger partial charge in [-0.2, -0.15) is 9.57 Å². The van der Waals surface area contributed by atoms with Gasteiger partial charge in [-0.15, -0.1) is 0 Å². The first-order chi connectivity index (χ1) is 14.8. The minimum absolute atomic E-state index is 0.0469. The van der Waals surface area contributed by atoms with E-state index < -0.39 is 18.3 Å². The third-order valence-electron chi connectivity index (χ3n) is 6.59. The molecule has 6 nitrogen and oxygen atoms in total. The van der Waals surface area contributed by atoms with Crippen molar-refractivity contribution in [3.63, 3.8) is 0 Å². The van der Waals surface area contributed by atoms with Crippen LogP contribution in [-0.4, -0.2) is 45.2 Å². The van der Waals surface area contributed by atoms with Crippen LogP contribution in [0.3, 0.4) is 0 Å². The lowest BCUT2D eigenvalue weighted by Gasteiger charge is -2.39. The molecule has 0 bridgehead atoms. The van der Waals surface area contributed by atoms with Gasteiger partial charge in [0.2, 0.25) is 10.0 Å². The molecule has 2 atom stereocenters. The number of benzene rings is 1. The van der Waals surface area contributed by atoms with Crippen molar-refractivity contribution >= 4 is 29.9 Å². The molecule has 172 valence electrons. The zero-order chi connectivity index (χ0) is 23.9. The normalized spacial score (nSPS) is 20.3. The average Bonchev–Trinajstić information content (AvgIpc) is 3.11. The van der Waals surface area contributed by atoms with E-state index in [1.54, 1.807) is 36.5 Å². The van der Waals surface area contributed by atoms with Crippen LogP contribution in [0.2, 0.25) is 23.3 Å². The monoisotopic (exact) mass is 491 g/mol. The van der Waals surface area contributed by atoms with Gasteiger partial charge in [0.25, 0.3) is 0 Å². The van der Waals surface area contributed by atoms with Gasteiger partial charge in [0, 0.05) is 25.2 Å². The molecule has 0 spiro atoms. The second kappa shape index (κ2) is 8.88. The smallest absolute Gasteiger partial charge is 0.243 e. The van der Waals surface area contributed by atoms with Crippen molar-refractivity contribution in [1.29, 1.82) is 5.26 Å². The van der Waals surface area contributed by atoms with Crippen LogP contribution in [0.15, 0.2) is 41.4 Å². The van der Waals surface area contributed by atoms with Crippen LogP contribution in [0.5, 0.6) is 0 Å². The molecule has 0 amide bonds. The summed E-state index contributed by atoms with van der Waals surface area (Å²) in [6.07, 6.45) is 1.17. The first kappa shape index (κ1) is 24.9. The van der Waals surface area contributed by atoms with E-state index in [4.69, 9.17) is 16.0 Å². The van der Waals surface area contributed by atoms with Gasteiger partial charge in [-0.1, -0.05) is 50.1 Å². The molecule has 0 unspecified atom stereocenters. The fraction of sp³-hybridized carbons (Fsp3) is 0.478. The highest BCUT2D eigenvalue weighted by molar-refractivity contribution is 7.89. The van der Waals surface area contributed by atoms with Crippen molar-refractivity contribution in [2.24, 2.45) is 0 Å². The van der Waals surface area contributed by atoms with E-state index in [0.29, 0.717) is 5.56 Å². The van der Waals surface area contributed by atoms with Gasteiger partial charge in [0.1, 0.15) is 11.2 Å². The highest BCUT2D eigenvalue weighted by Gasteiger charge is 2.47. The molecule has 3 rings (SSSR count). The number of nitrogens with zero attached hydrogens (tertiary/aromatic N) is 3. The van der Waals surface area contributed by atoms with E-state index in [1.165, 1.54) is 4.31 Å². The lowest BCUT2D eigenvalue weighted by atomic mass is 9.93. The van der Waals surface area contributed by atoms with E-state index in [1.807, 2.05) is 6.92 Å². The molecular formula is C23H30ClN3O3SSi. The summed E-state index contributed by atoms with van der Waals surface area (Å²) in [6.45, 7) is 13.1. The Morgan fingerprint density at radius 1 is 1.19 bits per heavy atom. The van der Waals surface area contributed by atoms with E-state index in [2.05, 4.69) is 44.9 Å². The molecule has 32 heavy (non-hydrogen) atoms. The maximum absolute atomic E-state index is 13.4. The van der Waals surface area contributed by atoms with Crippen molar-refractivity contribution in [1.82, 2.24) is 9.29 Å². The zero-order valence-corrected chi connectivity index (χ0v) is 22.0. The van der Waals surface area contributed by atoms with E-state index in [9.17, 15) is 13.7 Å². The zero-order valence-electron chi connectivity index (χ0n) is 19.4. The molecule has 1 fully saturated rings. The quantitative estimate of drug-likeness (QED) is 0.429. The second-order valence-electron chi connectivity index (χ2n) is 9.84. The summed E-state index contributed by atoms with van der Waals surface area (Å²) in [6, 6.07) is 10.7. The van der Waals surface area contributed by atoms with E-state index >= 15 is 0 Å². The number of aromatic nitrogens is 1. The number of nitriles is 1. The van der Waals surface area contributed by atoms with E-state index in [-0.39, 0.29) is 45.8 Å². The SMILES string of the molecule is Cc1ccc(S(=O)(=O)N2C[C@H](O[Si](C)(C)C(C)(C)C)[C@@H](c3ccnc(Cl)c3C#N)C2)cc1. The summed E-state index contributed by atoms with van der Waals surface area (Å²) in [4.78, 5) is 4.28. The van der Waals surface area contributed by atoms with Gasteiger partial charge in [0.05, 0.1) is 16.6 Å². The average molecular weight is 492 g/mol. The number of pyridine rings is 1. The summed E-state index contributed by atoms with van der Waals surface area (Å²) in [5, 5.41) is 9.77. The number of hydrogen-bond donors (Lipinski definition) is 0. The van der Waals surface area contributed by atoms with Gasteiger partial charge >= 0.3 is 0 Å². The van der Waals surface area contributed by atoms with Crippen molar-refractivity contribution < 1.29 is 12.8 Å². The molecule has 1 saturated heterocycles. The highest BCUT2D eigenvalue weighted by Crippen LogP contribution is 2.42. The van der Waals surface area contributed by atoms with Gasteiger partial charge in [-0.25, -0.2) is 13.4 Å². The summed E-state index contributed by atoms with van der Waals surface area (Å²) >= 11 is 6.20. The third-order valence-corrected chi connectivity index (χ3v) is 13.2. The molecule has 1 aliphatic heterocycles. The Labute approximate surface area is 197 Å². The van der Waals surface area contributed by atoms with Crippen molar-refractivity contribution in [2.45, 2.75) is 62.7 Å². The number of halogens is 1. The van der Waals surface area contributed by atoms with Gasteiger partial charge in [-0.3, -0.25) is 0 Å². The predicted molar refractivity (Wildman–Crippen MR) is 129 cm³/mol. The minimum atomic E-state index is -3.71. The Kier molecular flexibility index (Phi) is 6.90. The number of sulfonamides is 1. The predicted octanol–water partition coefficient (Wildman–Crippen LogP) is 5.09. The summed E-state index contributed by atoms with van der Waals surface area (Å²) in [5.74, 6) is -0.320. The molecule has 0 aliphatic carbocycles. The van der Waals surface area contributed by atoms with Gasteiger partial charge < -0.3 is 4.43 Å². The van der Waals surface area contributed by atoms with Crippen molar-refractivity contribution in [3.05, 3.63) is 58.4 Å². The number of aryl methyl sites for hydroxylation is 1. The Hall–Kier alpha value is -1.76. The molecule has 1 aromatic carbocycles. The summed E-state index contributed by atoms with van der Waals surface area (Å²) in [7, 11) is -5.93. The fourth-order valence-electron chi connectivity index (χ4n) is 3.64. The third kappa shape index (κ3) is 4.77. The molecule has 2 heterocycles. The Morgan fingerprint density at radius 3 is 2.38 bits per heavy atom. The van der Waals surface area contributed by atoms with Crippen LogP contribution in [0.25, 0.3) is 0 Å². The highest BCUT2D eigenvalue weighted by atomic mass is 35.5. The number of hydrogen-bond acceptors (Lipinski definition) is 5. The van der Waals surface area contributed by atoms with E-state index in [0.717, 1.165) is 5.56 Å². The van der Waals surface area contributed by atoms with Crippen molar-refractivity contribution in [3.8, 4) is 6.07 Å². The van der Waals surface area contributed by atoms with Crippen molar-refractivity contribution in [2.75, 3.05) is 13.1 Å². The maximum Gasteiger partial charge on any atom is 0.243 e. The molecule has 0 N–H and O–H groups in total. The molecule has 9 heteroatoms. The lowest BCUT2D eigenvalue weighted by molar-refractivity contribution is 0.178. The Morgan fingerprint density at radius 2 is 1.81 bits per heavy atom. The van der Waals surface area contributed by atoms with Crippen LogP contribution in [0.4, 0.5) is 0 Å². The second-order valence-corrected chi connectivity index (χ2v) is 16.9. The molecule has 2 aromatic rings. The van der Waals surface area contributed by atoms with Gasteiger partial charge in [-0.05, 0) is 48.8 Å². The van der Waals surface area contributed by atoms with Crippen LogP contribution in [0.1, 0.15) is 43.4 Å². The summed E-state index contributed by atoms with van der Waals surface area (Å²) < 4.78 is 35.0. The molecular weight excluding hydrogens is 462 g/mol. The number of rotatable bonds is 5.